The van der Waals surface area contributed by atoms with E-state index in [0.717, 1.165) is 30.8 Å². The summed E-state index contributed by atoms with van der Waals surface area (Å²) in [5.74, 6) is 0.249. The van der Waals surface area contributed by atoms with Crippen LogP contribution in [0.2, 0.25) is 0 Å². The molecule has 33 heavy (non-hydrogen) atoms. The monoisotopic (exact) mass is 454 g/mol. The van der Waals surface area contributed by atoms with Gasteiger partial charge in [0.25, 0.3) is 5.91 Å². The normalized spacial score (nSPS) is 21.9. The Kier molecular flexibility index (Phi) is 5.26. The van der Waals surface area contributed by atoms with E-state index in [4.69, 9.17) is 4.74 Å². The number of aryl methyl sites for hydroxylation is 1. The third-order valence-corrected chi connectivity index (χ3v) is 6.19. The maximum atomic E-state index is 13.6. The van der Waals surface area contributed by atoms with Crippen LogP contribution in [0.3, 0.4) is 0 Å². The van der Waals surface area contributed by atoms with Gasteiger partial charge in [-0.15, -0.1) is 0 Å². The molecule has 3 aromatic rings. The summed E-state index contributed by atoms with van der Waals surface area (Å²) in [5.41, 5.74) is 1.58. The van der Waals surface area contributed by atoms with Gasteiger partial charge < -0.3 is 9.64 Å². The van der Waals surface area contributed by atoms with Crippen LogP contribution in [-0.2, 0) is 6.18 Å². The number of nitrogens with zero attached hydrogens (tertiary/aromatic N) is 4. The van der Waals surface area contributed by atoms with Crippen LogP contribution in [0, 0.1) is 12.8 Å². The fraction of sp³-hybridized carbons (Fsp3) is 0.333. The smallest absolute Gasteiger partial charge is 0.417 e. The van der Waals surface area contributed by atoms with Crippen molar-refractivity contribution in [2.24, 2.45) is 5.92 Å². The predicted octanol–water partition coefficient (Wildman–Crippen LogP) is 4.55. The minimum absolute atomic E-state index is 0.124. The van der Waals surface area contributed by atoms with Crippen LogP contribution in [0.4, 0.5) is 13.2 Å². The Balaban J connectivity index is 1.37. The summed E-state index contributed by atoms with van der Waals surface area (Å²) in [6.45, 7) is 2.47. The lowest BCUT2D eigenvalue weighted by Gasteiger charge is -2.33. The highest BCUT2D eigenvalue weighted by atomic mass is 19.4. The molecule has 5 rings (SSSR count). The van der Waals surface area contributed by atoms with Gasteiger partial charge in [-0.25, -0.2) is 4.98 Å². The molecule has 1 saturated carbocycles. The molecule has 3 unspecified atom stereocenters. The summed E-state index contributed by atoms with van der Waals surface area (Å²) in [6, 6.07) is 11.0. The zero-order valence-corrected chi connectivity index (χ0v) is 17.8. The highest BCUT2D eigenvalue weighted by Crippen LogP contribution is 2.41. The average Bonchev–Trinajstić information content (AvgIpc) is 3.40. The molecule has 4 heterocycles. The number of aromatic nitrogens is 3. The predicted molar refractivity (Wildman–Crippen MR) is 113 cm³/mol. The van der Waals surface area contributed by atoms with Crippen molar-refractivity contribution in [1.29, 1.82) is 0 Å². The summed E-state index contributed by atoms with van der Waals surface area (Å²) in [4.78, 5) is 28.1. The number of likely N-dealkylation sites (tertiary alicyclic amines) is 1. The highest BCUT2D eigenvalue weighted by Gasteiger charge is 2.49. The van der Waals surface area contributed by atoms with Gasteiger partial charge in [0.1, 0.15) is 11.8 Å². The molecule has 3 aromatic heterocycles. The van der Waals surface area contributed by atoms with Crippen LogP contribution in [-0.4, -0.2) is 44.4 Å². The Hall–Kier alpha value is -3.49. The lowest BCUT2D eigenvalue weighted by Crippen LogP contribution is -2.47. The van der Waals surface area contributed by atoms with Gasteiger partial charge in [-0.1, -0.05) is 6.07 Å². The molecule has 0 aromatic carbocycles. The van der Waals surface area contributed by atoms with Gasteiger partial charge in [-0.2, -0.15) is 13.2 Å². The minimum atomic E-state index is -4.45. The lowest BCUT2D eigenvalue weighted by molar-refractivity contribution is -0.137. The number of carbonyl (C=O) groups excluding carboxylic acids is 1. The molecule has 0 spiro atoms. The van der Waals surface area contributed by atoms with Crippen molar-refractivity contribution in [3.63, 3.8) is 0 Å². The first-order chi connectivity index (χ1) is 15.8. The van der Waals surface area contributed by atoms with Gasteiger partial charge in [0.2, 0.25) is 5.88 Å². The van der Waals surface area contributed by atoms with Crippen LogP contribution in [0.15, 0.2) is 54.9 Å². The van der Waals surface area contributed by atoms with Crippen LogP contribution < -0.4 is 4.74 Å². The van der Waals surface area contributed by atoms with Crippen molar-refractivity contribution in [3.05, 3.63) is 71.7 Å². The van der Waals surface area contributed by atoms with Crippen LogP contribution in [0.1, 0.15) is 34.5 Å². The quantitative estimate of drug-likeness (QED) is 0.579. The summed E-state index contributed by atoms with van der Waals surface area (Å²) >= 11 is 0. The zero-order chi connectivity index (χ0) is 23.2. The molecule has 1 saturated heterocycles. The Morgan fingerprint density at radius 1 is 1.09 bits per heavy atom. The number of halogens is 3. The van der Waals surface area contributed by atoms with E-state index in [1.54, 1.807) is 29.3 Å². The number of rotatable bonds is 4. The molecular formula is C24H21F3N4O2. The van der Waals surface area contributed by atoms with Crippen molar-refractivity contribution in [2.75, 3.05) is 6.54 Å². The molecule has 6 nitrogen and oxygen atoms in total. The summed E-state index contributed by atoms with van der Waals surface area (Å²) in [7, 11) is 0. The Morgan fingerprint density at radius 3 is 2.61 bits per heavy atom. The molecule has 2 fully saturated rings. The van der Waals surface area contributed by atoms with E-state index in [1.165, 1.54) is 6.07 Å². The first-order valence-electron chi connectivity index (χ1n) is 10.7. The van der Waals surface area contributed by atoms with Gasteiger partial charge in [-0.3, -0.25) is 14.8 Å². The standard InChI is InChI=1S/C24H21F3N4O2/c1-14-5-7-17(22(30-14)18-4-2-3-9-28-18)23(32)31-13-15-10-19(31)20(11-15)33-21-8-6-16(12-29-21)24(25,26)27/h2-9,12,15,19-20H,10-11,13H2,1H3. The third kappa shape index (κ3) is 4.15. The minimum Gasteiger partial charge on any atom is -0.472 e. The number of ether oxygens (including phenoxy) is 1. The molecule has 1 aliphatic heterocycles. The third-order valence-electron chi connectivity index (χ3n) is 6.19. The molecule has 1 aliphatic carbocycles. The van der Waals surface area contributed by atoms with E-state index >= 15 is 0 Å². The summed E-state index contributed by atoms with van der Waals surface area (Å²) < 4.78 is 44.3. The van der Waals surface area contributed by atoms with Crippen molar-refractivity contribution in [2.45, 2.75) is 38.1 Å². The molecule has 9 heteroatoms. The molecule has 2 aliphatic rings. The van der Waals surface area contributed by atoms with Crippen LogP contribution in [0.5, 0.6) is 5.88 Å². The Morgan fingerprint density at radius 2 is 1.94 bits per heavy atom. The van der Waals surface area contributed by atoms with Gasteiger partial charge in [0.05, 0.1) is 22.9 Å². The molecule has 3 atom stereocenters. The maximum absolute atomic E-state index is 13.6. The Bertz CT molecular complexity index is 1170. The van der Waals surface area contributed by atoms with Crippen molar-refractivity contribution >= 4 is 5.91 Å². The number of hydrogen-bond acceptors (Lipinski definition) is 5. The number of amides is 1. The number of carbonyl (C=O) groups is 1. The van der Waals surface area contributed by atoms with Gasteiger partial charge in [0, 0.05) is 30.7 Å². The van der Waals surface area contributed by atoms with Gasteiger partial charge in [-0.05, 0) is 56.0 Å². The average molecular weight is 454 g/mol. The largest absolute Gasteiger partial charge is 0.472 e. The lowest BCUT2D eigenvalue weighted by atomic mass is 10.0. The first kappa shape index (κ1) is 21.4. The van der Waals surface area contributed by atoms with Gasteiger partial charge >= 0.3 is 6.18 Å². The zero-order valence-electron chi connectivity index (χ0n) is 17.8. The summed E-state index contributed by atoms with van der Waals surface area (Å²) in [6.07, 6.45) is -0.830. The molecule has 0 N–H and O–H groups in total. The molecular weight excluding hydrogens is 433 g/mol. The topological polar surface area (TPSA) is 68.2 Å². The SMILES string of the molecule is Cc1ccc(C(=O)N2CC3CC(Oc4ccc(C(F)(F)F)cn4)C2C3)c(-c2ccccn2)n1. The second kappa shape index (κ2) is 8.13. The van der Waals surface area contributed by atoms with E-state index in [9.17, 15) is 18.0 Å². The second-order valence-corrected chi connectivity index (χ2v) is 8.47. The second-order valence-electron chi connectivity index (χ2n) is 8.47. The fourth-order valence-electron chi connectivity index (χ4n) is 4.68. The number of hydrogen-bond donors (Lipinski definition) is 0. The van der Waals surface area contributed by atoms with Crippen molar-refractivity contribution in [1.82, 2.24) is 19.9 Å². The van der Waals surface area contributed by atoms with Crippen LogP contribution in [0.25, 0.3) is 11.4 Å². The van der Waals surface area contributed by atoms with Crippen LogP contribution >= 0.6 is 0 Å². The number of pyridine rings is 3. The molecule has 2 bridgehead atoms. The van der Waals surface area contributed by atoms with E-state index in [1.807, 2.05) is 19.1 Å². The fourth-order valence-corrected chi connectivity index (χ4v) is 4.68. The van der Waals surface area contributed by atoms with Gasteiger partial charge in [0.15, 0.2) is 0 Å². The summed E-state index contributed by atoms with van der Waals surface area (Å²) in [5, 5.41) is 0. The number of piperidine rings is 1. The van der Waals surface area contributed by atoms with Crippen molar-refractivity contribution in [3.8, 4) is 17.3 Å². The highest BCUT2D eigenvalue weighted by molar-refractivity contribution is 6.00. The number of alkyl halides is 3. The molecule has 170 valence electrons. The molecule has 0 radical (unpaired) electrons. The van der Waals surface area contributed by atoms with E-state index < -0.39 is 11.7 Å². The Labute approximate surface area is 188 Å². The van der Waals surface area contributed by atoms with E-state index in [0.29, 0.717) is 23.5 Å². The van der Waals surface area contributed by atoms with Crippen molar-refractivity contribution < 1.29 is 22.7 Å². The first-order valence-corrected chi connectivity index (χ1v) is 10.7. The van der Waals surface area contributed by atoms with E-state index in [2.05, 4.69) is 15.0 Å². The molecule has 1 amide bonds. The number of fused-ring (bicyclic) bond motifs is 2. The maximum Gasteiger partial charge on any atom is 0.417 e. The van der Waals surface area contributed by atoms with E-state index in [-0.39, 0.29) is 29.9 Å².